The number of rotatable bonds is 5. The highest BCUT2D eigenvalue weighted by atomic mass is 19.2. The molecule has 0 amide bonds. The minimum atomic E-state index is -0.766. The van der Waals surface area contributed by atoms with Crippen molar-refractivity contribution in [3.8, 4) is 0 Å². The van der Waals surface area contributed by atoms with E-state index in [2.05, 4.69) is 19.2 Å². The molecule has 0 aromatic heterocycles. The first kappa shape index (κ1) is 16.4. The quantitative estimate of drug-likeness (QED) is 0.840. The highest BCUT2D eigenvalue weighted by Gasteiger charge is 2.28. The van der Waals surface area contributed by atoms with Crippen molar-refractivity contribution in [1.29, 1.82) is 0 Å². The standard InChI is InChI=1S/C18H27F2N/c1-12(2)14-5-7-15(8-6-14)18(21-3)11-13-4-9-16(19)17(20)10-13/h4,9-10,12,14-15,18,21H,5-8,11H2,1-3H3. The van der Waals surface area contributed by atoms with Crippen LogP contribution in [0.3, 0.4) is 0 Å². The Morgan fingerprint density at radius 2 is 1.67 bits per heavy atom. The Labute approximate surface area is 127 Å². The van der Waals surface area contributed by atoms with Gasteiger partial charge in [-0.05, 0) is 74.6 Å². The zero-order chi connectivity index (χ0) is 15.4. The van der Waals surface area contributed by atoms with Gasteiger partial charge in [0.2, 0.25) is 0 Å². The van der Waals surface area contributed by atoms with E-state index in [1.807, 2.05) is 7.05 Å². The van der Waals surface area contributed by atoms with Gasteiger partial charge in [0.1, 0.15) is 0 Å². The van der Waals surface area contributed by atoms with Crippen molar-refractivity contribution < 1.29 is 8.78 Å². The van der Waals surface area contributed by atoms with Crippen LogP contribution in [0.2, 0.25) is 0 Å². The summed E-state index contributed by atoms with van der Waals surface area (Å²) in [4.78, 5) is 0. The van der Waals surface area contributed by atoms with Gasteiger partial charge in [0.05, 0.1) is 0 Å². The van der Waals surface area contributed by atoms with Gasteiger partial charge < -0.3 is 5.32 Å². The topological polar surface area (TPSA) is 12.0 Å². The molecule has 1 aliphatic carbocycles. The van der Waals surface area contributed by atoms with Crippen LogP contribution in [-0.4, -0.2) is 13.1 Å². The van der Waals surface area contributed by atoms with Gasteiger partial charge in [-0.1, -0.05) is 19.9 Å². The first-order valence-corrected chi connectivity index (χ1v) is 8.12. The van der Waals surface area contributed by atoms with E-state index in [-0.39, 0.29) is 0 Å². The molecule has 118 valence electrons. The predicted octanol–water partition coefficient (Wildman–Crippen LogP) is 4.56. The number of nitrogens with one attached hydrogen (secondary N) is 1. The summed E-state index contributed by atoms with van der Waals surface area (Å²) in [5, 5.41) is 3.38. The molecule has 1 atom stereocenters. The van der Waals surface area contributed by atoms with Gasteiger partial charge in [0.15, 0.2) is 11.6 Å². The average Bonchev–Trinajstić information content (AvgIpc) is 2.48. The molecule has 1 fully saturated rings. The maximum absolute atomic E-state index is 13.3. The van der Waals surface area contributed by atoms with Gasteiger partial charge in [-0.2, -0.15) is 0 Å². The van der Waals surface area contributed by atoms with E-state index in [9.17, 15) is 8.78 Å². The monoisotopic (exact) mass is 295 g/mol. The van der Waals surface area contributed by atoms with E-state index in [4.69, 9.17) is 0 Å². The molecule has 0 saturated heterocycles. The van der Waals surface area contributed by atoms with Gasteiger partial charge in [-0.15, -0.1) is 0 Å². The molecule has 1 saturated carbocycles. The summed E-state index contributed by atoms with van der Waals surface area (Å²) in [5.41, 5.74) is 0.874. The summed E-state index contributed by atoms with van der Waals surface area (Å²) < 4.78 is 26.3. The largest absolute Gasteiger partial charge is 0.316 e. The summed E-state index contributed by atoms with van der Waals surface area (Å²) >= 11 is 0. The molecule has 1 unspecified atom stereocenters. The smallest absolute Gasteiger partial charge is 0.159 e. The van der Waals surface area contributed by atoms with Crippen molar-refractivity contribution in [2.75, 3.05) is 7.05 Å². The summed E-state index contributed by atoms with van der Waals surface area (Å²) in [7, 11) is 1.97. The first-order valence-electron chi connectivity index (χ1n) is 8.12. The number of halogens is 2. The van der Waals surface area contributed by atoms with Crippen LogP contribution in [0.5, 0.6) is 0 Å². The van der Waals surface area contributed by atoms with Crippen molar-refractivity contribution in [2.24, 2.45) is 17.8 Å². The Hall–Kier alpha value is -0.960. The molecule has 0 radical (unpaired) electrons. The fraction of sp³-hybridized carbons (Fsp3) is 0.667. The minimum absolute atomic E-state index is 0.350. The van der Waals surface area contributed by atoms with Crippen molar-refractivity contribution in [1.82, 2.24) is 5.32 Å². The lowest BCUT2D eigenvalue weighted by Crippen LogP contribution is -2.38. The van der Waals surface area contributed by atoms with Crippen LogP contribution in [0.4, 0.5) is 8.78 Å². The van der Waals surface area contributed by atoms with Gasteiger partial charge in [-0.25, -0.2) is 8.78 Å². The molecule has 0 spiro atoms. The molecular formula is C18H27F2N. The zero-order valence-corrected chi connectivity index (χ0v) is 13.3. The summed E-state index contributed by atoms with van der Waals surface area (Å²) in [6.07, 6.45) is 5.82. The average molecular weight is 295 g/mol. The lowest BCUT2D eigenvalue weighted by molar-refractivity contribution is 0.191. The molecular weight excluding hydrogens is 268 g/mol. The highest BCUT2D eigenvalue weighted by molar-refractivity contribution is 5.19. The van der Waals surface area contributed by atoms with Gasteiger partial charge >= 0.3 is 0 Å². The van der Waals surface area contributed by atoms with Crippen LogP contribution in [0.25, 0.3) is 0 Å². The molecule has 0 aliphatic heterocycles. The molecule has 2 rings (SSSR count). The second-order valence-electron chi connectivity index (χ2n) is 6.77. The normalized spacial score (nSPS) is 24.3. The van der Waals surface area contributed by atoms with Crippen LogP contribution in [0, 0.1) is 29.4 Å². The third kappa shape index (κ3) is 4.26. The molecule has 1 N–H and O–H groups in total. The Morgan fingerprint density at radius 3 is 2.19 bits per heavy atom. The van der Waals surface area contributed by atoms with Crippen LogP contribution in [0.15, 0.2) is 18.2 Å². The molecule has 0 heterocycles. The second kappa shape index (κ2) is 7.35. The Balaban J connectivity index is 1.95. The number of benzene rings is 1. The molecule has 1 aromatic carbocycles. The van der Waals surface area contributed by atoms with Crippen LogP contribution >= 0.6 is 0 Å². The van der Waals surface area contributed by atoms with Crippen LogP contribution in [-0.2, 0) is 6.42 Å². The molecule has 3 heteroatoms. The summed E-state index contributed by atoms with van der Waals surface area (Å²) in [6, 6.07) is 4.61. The highest BCUT2D eigenvalue weighted by Crippen LogP contribution is 2.35. The van der Waals surface area contributed by atoms with Crippen LogP contribution < -0.4 is 5.32 Å². The third-order valence-corrected chi connectivity index (χ3v) is 5.14. The summed E-state index contributed by atoms with van der Waals surface area (Å²) in [5.74, 6) is 0.744. The second-order valence-corrected chi connectivity index (χ2v) is 6.77. The number of hydrogen-bond donors (Lipinski definition) is 1. The lowest BCUT2D eigenvalue weighted by Gasteiger charge is -2.35. The third-order valence-electron chi connectivity index (χ3n) is 5.14. The van der Waals surface area contributed by atoms with Crippen molar-refractivity contribution in [3.63, 3.8) is 0 Å². The van der Waals surface area contributed by atoms with Crippen molar-refractivity contribution in [2.45, 2.75) is 52.0 Å². The molecule has 1 aromatic rings. The van der Waals surface area contributed by atoms with Gasteiger partial charge in [-0.3, -0.25) is 0 Å². The van der Waals surface area contributed by atoms with E-state index >= 15 is 0 Å². The van der Waals surface area contributed by atoms with Gasteiger partial charge in [0, 0.05) is 6.04 Å². The Bertz CT molecular complexity index is 451. The zero-order valence-electron chi connectivity index (χ0n) is 13.3. The first-order chi connectivity index (χ1) is 10.0. The summed E-state index contributed by atoms with van der Waals surface area (Å²) in [6.45, 7) is 4.61. The maximum Gasteiger partial charge on any atom is 0.159 e. The SMILES string of the molecule is CNC(Cc1ccc(F)c(F)c1)C1CCC(C(C)C)CC1. The molecule has 0 bridgehead atoms. The number of hydrogen-bond acceptors (Lipinski definition) is 1. The predicted molar refractivity (Wildman–Crippen MR) is 83.2 cm³/mol. The Morgan fingerprint density at radius 1 is 1.05 bits per heavy atom. The van der Waals surface area contributed by atoms with Gasteiger partial charge in [0.25, 0.3) is 0 Å². The van der Waals surface area contributed by atoms with E-state index < -0.39 is 11.6 Å². The lowest BCUT2D eigenvalue weighted by atomic mass is 9.73. The van der Waals surface area contributed by atoms with E-state index in [0.29, 0.717) is 12.0 Å². The van der Waals surface area contributed by atoms with Crippen LogP contribution in [0.1, 0.15) is 45.1 Å². The van der Waals surface area contributed by atoms with Crippen molar-refractivity contribution >= 4 is 0 Å². The van der Waals surface area contributed by atoms with E-state index in [1.165, 1.54) is 37.8 Å². The molecule has 1 nitrogen and oxygen atoms in total. The maximum atomic E-state index is 13.3. The fourth-order valence-electron chi connectivity index (χ4n) is 3.64. The van der Waals surface area contributed by atoms with Crippen molar-refractivity contribution in [3.05, 3.63) is 35.4 Å². The van der Waals surface area contributed by atoms with E-state index in [1.54, 1.807) is 6.07 Å². The fourth-order valence-corrected chi connectivity index (χ4v) is 3.64. The number of likely N-dealkylation sites (N-methyl/N-ethyl adjacent to an activating group) is 1. The Kier molecular flexibility index (Phi) is 5.74. The van der Waals surface area contributed by atoms with E-state index in [0.717, 1.165) is 23.8 Å². The molecule has 21 heavy (non-hydrogen) atoms. The minimum Gasteiger partial charge on any atom is -0.316 e. The molecule has 1 aliphatic rings.